The summed E-state index contributed by atoms with van der Waals surface area (Å²) in [6.07, 6.45) is 5.44. The first-order chi connectivity index (χ1) is 8.78. The number of hydrogen-bond donors (Lipinski definition) is 1. The predicted molar refractivity (Wildman–Crippen MR) is 80.3 cm³/mol. The zero-order chi connectivity index (χ0) is 12.8. The molecule has 0 spiro atoms. The SMILES string of the molecule is CCCCc1ccc(Nc2ccc(Br)cn2)cc1. The maximum absolute atomic E-state index is 4.29. The van der Waals surface area contributed by atoms with Crippen molar-refractivity contribution >= 4 is 27.4 Å². The molecule has 18 heavy (non-hydrogen) atoms. The van der Waals surface area contributed by atoms with Gasteiger partial charge in [0.2, 0.25) is 0 Å². The van der Waals surface area contributed by atoms with Crippen molar-refractivity contribution in [3.05, 3.63) is 52.6 Å². The smallest absolute Gasteiger partial charge is 0.130 e. The monoisotopic (exact) mass is 304 g/mol. The van der Waals surface area contributed by atoms with Crippen LogP contribution in [0.2, 0.25) is 0 Å². The van der Waals surface area contributed by atoms with Crippen LogP contribution in [-0.4, -0.2) is 4.98 Å². The summed E-state index contributed by atoms with van der Waals surface area (Å²) in [5.74, 6) is 0.861. The lowest BCUT2D eigenvalue weighted by Crippen LogP contribution is -1.93. The number of aromatic nitrogens is 1. The quantitative estimate of drug-likeness (QED) is 0.847. The zero-order valence-corrected chi connectivity index (χ0v) is 12.1. The Hall–Kier alpha value is -1.35. The van der Waals surface area contributed by atoms with Crippen molar-refractivity contribution in [1.82, 2.24) is 4.98 Å². The summed E-state index contributed by atoms with van der Waals surface area (Å²) in [6.45, 7) is 2.22. The molecule has 0 radical (unpaired) electrons. The molecule has 0 saturated carbocycles. The van der Waals surface area contributed by atoms with E-state index < -0.39 is 0 Å². The second-order valence-corrected chi connectivity index (χ2v) is 5.20. The third-order valence-electron chi connectivity index (χ3n) is 2.77. The molecule has 0 unspecified atom stereocenters. The minimum absolute atomic E-state index is 0.861. The fourth-order valence-electron chi connectivity index (χ4n) is 1.73. The molecule has 2 aromatic rings. The van der Waals surface area contributed by atoms with Crippen molar-refractivity contribution in [3.8, 4) is 0 Å². The van der Waals surface area contributed by atoms with Crippen LogP contribution < -0.4 is 5.32 Å². The van der Waals surface area contributed by atoms with Crippen LogP contribution in [0.15, 0.2) is 47.1 Å². The lowest BCUT2D eigenvalue weighted by Gasteiger charge is -2.06. The molecular formula is C15H17BrN2. The highest BCUT2D eigenvalue weighted by atomic mass is 79.9. The van der Waals surface area contributed by atoms with Crippen LogP contribution in [0.3, 0.4) is 0 Å². The van der Waals surface area contributed by atoms with Gasteiger partial charge in [-0.3, -0.25) is 0 Å². The molecule has 2 rings (SSSR count). The Morgan fingerprint density at radius 1 is 1.11 bits per heavy atom. The molecule has 0 amide bonds. The van der Waals surface area contributed by atoms with E-state index in [1.165, 1.54) is 18.4 Å². The lowest BCUT2D eigenvalue weighted by atomic mass is 10.1. The first-order valence-electron chi connectivity index (χ1n) is 6.25. The normalized spacial score (nSPS) is 10.3. The number of unbranched alkanes of at least 4 members (excludes halogenated alkanes) is 1. The van der Waals surface area contributed by atoms with E-state index in [-0.39, 0.29) is 0 Å². The van der Waals surface area contributed by atoms with Crippen molar-refractivity contribution in [2.45, 2.75) is 26.2 Å². The fraction of sp³-hybridized carbons (Fsp3) is 0.267. The molecule has 1 N–H and O–H groups in total. The van der Waals surface area contributed by atoms with Crippen molar-refractivity contribution < 1.29 is 0 Å². The van der Waals surface area contributed by atoms with Gasteiger partial charge < -0.3 is 5.32 Å². The van der Waals surface area contributed by atoms with Crippen LogP contribution in [0.1, 0.15) is 25.3 Å². The van der Waals surface area contributed by atoms with E-state index in [2.05, 4.69) is 57.4 Å². The van der Waals surface area contributed by atoms with Gasteiger partial charge in [-0.05, 0) is 58.6 Å². The van der Waals surface area contributed by atoms with Gasteiger partial charge in [-0.25, -0.2) is 4.98 Å². The Morgan fingerprint density at radius 2 is 1.89 bits per heavy atom. The fourth-order valence-corrected chi connectivity index (χ4v) is 1.97. The lowest BCUT2D eigenvalue weighted by molar-refractivity contribution is 0.795. The van der Waals surface area contributed by atoms with E-state index in [0.29, 0.717) is 0 Å². The van der Waals surface area contributed by atoms with Gasteiger partial charge in [0.15, 0.2) is 0 Å². The first kappa shape index (κ1) is 13.1. The van der Waals surface area contributed by atoms with Gasteiger partial charge in [-0.1, -0.05) is 25.5 Å². The molecule has 1 aromatic carbocycles. The Kier molecular flexibility index (Phi) is 4.76. The largest absolute Gasteiger partial charge is 0.340 e. The van der Waals surface area contributed by atoms with Crippen molar-refractivity contribution in [2.24, 2.45) is 0 Å². The number of hydrogen-bond acceptors (Lipinski definition) is 2. The van der Waals surface area contributed by atoms with Crippen LogP contribution in [0, 0.1) is 0 Å². The highest BCUT2D eigenvalue weighted by molar-refractivity contribution is 9.10. The number of nitrogens with zero attached hydrogens (tertiary/aromatic N) is 1. The Morgan fingerprint density at radius 3 is 2.50 bits per heavy atom. The second kappa shape index (κ2) is 6.55. The average Bonchev–Trinajstić information content (AvgIpc) is 2.41. The van der Waals surface area contributed by atoms with E-state index in [9.17, 15) is 0 Å². The van der Waals surface area contributed by atoms with Crippen molar-refractivity contribution in [1.29, 1.82) is 0 Å². The molecule has 0 aliphatic heterocycles. The van der Waals surface area contributed by atoms with Crippen LogP contribution in [0.5, 0.6) is 0 Å². The minimum atomic E-state index is 0.861. The van der Waals surface area contributed by atoms with Crippen LogP contribution in [-0.2, 0) is 6.42 Å². The van der Waals surface area contributed by atoms with Crippen LogP contribution in [0.4, 0.5) is 11.5 Å². The van der Waals surface area contributed by atoms with Crippen LogP contribution in [0.25, 0.3) is 0 Å². The van der Waals surface area contributed by atoms with Crippen LogP contribution >= 0.6 is 15.9 Å². The average molecular weight is 305 g/mol. The van der Waals surface area contributed by atoms with Gasteiger partial charge in [0.05, 0.1) is 0 Å². The second-order valence-electron chi connectivity index (χ2n) is 4.29. The summed E-state index contributed by atoms with van der Waals surface area (Å²) in [5, 5.41) is 3.28. The van der Waals surface area contributed by atoms with Gasteiger partial charge >= 0.3 is 0 Å². The predicted octanol–water partition coefficient (Wildman–Crippen LogP) is 4.93. The summed E-state index contributed by atoms with van der Waals surface area (Å²) in [5.41, 5.74) is 2.47. The Labute approximate surface area is 117 Å². The van der Waals surface area contributed by atoms with Crippen molar-refractivity contribution in [3.63, 3.8) is 0 Å². The molecule has 0 aliphatic carbocycles. The van der Waals surface area contributed by atoms with E-state index in [4.69, 9.17) is 0 Å². The number of nitrogens with one attached hydrogen (secondary N) is 1. The number of halogens is 1. The summed E-state index contributed by atoms with van der Waals surface area (Å²) in [6, 6.07) is 12.5. The number of anilines is 2. The number of benzene rings is 1. The molecule has 0 atom stereocenters. The molecule has 94 valence electrons. The van der Waals surface area contributed by atoms with Crippen molar-refractivity contribution in [2.75, 3.05) is 5.32 Å². The standard InChI is InChI=1S/C15H17BrN2/c1-2-3-4-12-5-8-14(9-6-12)18-15-10-7-13(16)11-17-15/h5-11H,2-4H2,1H3,(H,17,18). The van der Waals surface area contributed by atoms with Gasteiger partial charge in [0.1, 0.15) is 5.82 Å². The Bertz CT molecular complexity index is 477. The summed E-state index contributed by atoms with van der Waals surface area (Å²) in [4.78, 5) is 4.29. The molecule has 2 nitrogen and oxygen atoms in total. The number of pyridine rings is 1. The molecule has 1 heterocycles. The number of rotatable bonds is 5. The zero-order valence-electron chi connectivity index (χ0n) is 10.5. The Balaban J connectivity index is 1.99. The molecule has 0 fully saturated rings. The molecule has 0 bridgehead atoms. The van der Waals surface area contributed by atoms with Gasteiger partial charge in [0.25, 0.3) is 0 Å². The van der Waals surface area contributed by atoms with E-state index >= 15 is 0 Å². The van der Waals surface area contributed by atoms with Gasteiger partial charge in [-0.15, -0.1) is 0 Å². The third kappa shape index (κ3) is 3.84. The first-order valence-corrected chi connectivity index (χ1v) is 7.05. The topological polar surface area (TPSA) is 24.9 Å². The van der Waals surface area contributed by atoms with E-state index in [1.807, 2.05) is 12.1 Å². The number of aryl methyl sites for hydroxylation is 1. The minimum Gasteiger partial charge on any atom is -0.340 e. The van der Waals surface area contributed by atoms with Gasteiger partial charge in [-0.2, -0.15) is 0 Å². The molecular weight excluding hydrogens is 288 g/mol. The van der Waals surface area contributed by atoms with E-state index in [1.54, 1.807) is 6.20 Å². The van der Waals surface area contributed by atoms with Gasteiger partial charge in [0, 0.05) is 16.4 Å². The molecule has 0 aliphatic rings. The summed E-state index contributed by atoms with van der Waals surface area (Å²) < 4.78 is 0.989. The maximum Gasteiger partial charge on any atom is 0.130 e. The van der Waals surface area contributed by atoms with E-state index in [0.717, 1.165) is 22.4 Å². The summed E-state index contributed by atoms with van der Waals surface area (Å²) in [7, 11) is 0. The summed E-state index contributed by atoms with van der Waals surface area (Å²) >= 11 is 3.37. The maximum atomic E-state index is 4.29. The molecule has 0 saturated heterocycles. The molecule has 3 heteroatoms. The highest BCUT2D eigenvalue weighted by Crippen LogP contribution is 2.17. The third-order valence-corrected chi connectivity index (χ3v) is 3.24. The molecule has 1 aromatic heterocycles. The highest BCUT2D eigenvalue weighted by Gasteiger charge is 1.97.